The van der Waals surface area contributed by atoms with E-state index in [9.17, 15) is 0 Å². The van der Waals surface area contributed by atoms with Gasteiger partial charge in [-0.2, -0.15) is 0 Å². The minimum absolute atomic E-state index is 0. The molecule has 0 aromatic carbocycles. The highest BCUT2D eigenvalue weighted by Crippen LogP contribution is 2.43. The topological polar surface area (TPSA) is 64.1 Å². The lowest BCUT2D eigenvalue weighted by Gasteiger charge is -2.42. The number of guanidine groups is 1. The van der Waals surface area contributed by atoms with E-state index in [-0.39, 0.29) is 24.0 Å². The Kier molecular flexibility index (Phi) is 14.2. The molecule has 1 saturated carbocycles. The number of ether oxygens (including phenoxy) is 3. The van der Waals surface area contributed by atoms with Crippen molar-refractivity contribution in [1.29, 1.82) is 0 Å². The second kappa shape index (κ2) is 14.2. The van der Waals surface area contributed by atoms with Crippen LogP contribution in [-0.2, 0) is 14.2 Å². The molecule has 0 saturated heterocycles. The first kappa shape index (κ1) is 22.9. The summed E-state index contributed by atoms with van der Waals surface area (Å²) in [6.45, 7) is 4.72. The highest BCUT2D eigenvalue weighted by Gasteiger charge is 2.36. The van der Waals surface area contributed by atoms with E-state index in [2.05, 4.69) is 15.6 Å². The van der Waals surface area contributed by atoms with Crippen molar-refractivity contribution in [2.75, 3.05) is 60.8 Å². The Morgan fingerprint density at radius 3 is 2.35 bits per heavy atom. The monoisotopic (exact) mass is 443 g/mol. The molecule has 1 aliphatic carbocycles. The largest absolute Gasteiger partial charge is 0.385 e. The van der Waals surface area contributed by atoms with Gasteiger partial charge < -0.3 is 24.8 Å². The second-order valence-electron chi connectivity index (χ2n) is 5.91. The molecular weight excluding hydrogens is 409 g/mol. The Bertz CT molecular complexity index is 313. The van der Waals surface area contributed by atoms with E-state index in [1.807, 2.05) is 7.05 Å². The van der Waals surface area contributed by atoms with E-state index in [0.29, 0.717) is 18.6 Å². The predicted octanol–water partition coefficient (Wildman–Crippen LogP) is 2.03. The van der Waals surface area contributed by atoms with Crippen LogP contribution in [0.4, 0.5) is 0 Å². The fourth-order valence-corrected chi connectivity index (χ4v) is 2.63. The van der Waals surface area contributed by atoms with Gasteiger partial charge in [0.25, 0.3) is 0 Å². The van der Waals surface area contributed by atoms with Crippen molar-refractivity contribution < 1.29 is 14.2 Å². The summed E-state index contributed by atoms with van der Waals surface area (Å²) in [4.78, 5) is 4.28. The number of nitrogens with one attached hydrogen (secondary N) is 2. The summed E-state index contributed by atoms with van der Waals surface area (Å²) in [5.74, 6) is 0.876. The Morgan fingerprint density at radius 1 is 1.04 bits per heavy atom. The van der Waals surface area contributed by atoms with E-state index in [1.165, 1.54) is 19.3 Å². The highest BCUT2D eigenvalue weighted by molar-refractivity contribution is 14.0. The lowest BCUT2D eigenvalue weighted by Crippen LogP contribution is -2.47. The smallest absolute Gasteiger partial charge is 0.190 e. The van der Waals surface area contributed by atoms with Crippen LogP contribution in [0, 0.1) is 5.41 Å². The number of hydrogen-bond donors (Lipinski definition) is 2. The molecule has 0 atom stereocenters. The molecule has 0 radical (unpaired) electrons. The van der Waals surface area contributed by atoms with Gasteiger partial charge in [-0.15, -0.1) is 24.0 Å². The summed E-state index contributed by atoms with van der Waals surface area (Å²) in [6.07, 6.45) is 5.98. The van der Waals surface area contributed by atoms with Crippen LogP contribution >= 0.6 is 24.0 Å². The molecule has 1 fully saturated rings. The summed E-state index contributed by atoms with van der Waals surface area (Å²) >= 11 is 0. The minimum atomic E-state index is 0. The lowest BCUT2D eigenvalue weighted by atomic mass is 9.67. The van der Waals surface area contributed by atoms with E-state index in [4.69, 9.17) is 14.2 Å². The standard InChI is InChI=1S/C16H33N3O3.HI/c1-17-15(18-9-5-10-22-13-12-21-3)19-14-16(6-4-7-16)8-11-20-2;/h4-14H2,1-3H3,(H2,17,18,19);1H. The lowest BCUT2D eigenvalue weighted by molar-refractivity contribution is 0.0696. The molecule has 23 heavy (non-hydrogen) atoms. The highest BCUT2D eigenvalue weighted by atomic mass is 127. The summed E-state index contributed by atoms with van der Waals surface area (Å²) in [5.41, 5.74) is 0.400. The second-order valence-corrected chi connectivity index (χ2v) is 5.91. The predicted molar refractivity (Wildman–Crippen MR) is 105 cm³/mol. The normalized spacial score (nSPS) is 16.4. The van der Waals surface area contributed by atoms with Crippen molar-refractivity contribution in [2.45, 2.75) is 32.1 Å². The maximum atomic E-state index is 5.44. The first-order valence-corrected chi connectivity index (χ1v) is 8.26. The Labute approximate surface area is 158 Å². The number of methoxy groups -OCH3 is 2. The molecule has 2 N–H and O–H groups in total. The van der Waals surface area contributed by atoms with Gasteiger partial charge >= 0.3 is 0 Å². The van der Waals surface area contributed by atoms with Crippen LogP contribution in [0.15, 0.2) is 4.99 Å². The minimum Gasteiger partial charge on any atom is -0.385 e. The van der Waals surface area contributed by atoms with Crippen LogP contribution in [0.1, 0.15) is 32.1 Å². The Hall–Kier alpha value is -0.120. The van der Waals surface area contributed by atoms with Gasteiger partial charge in [-0.05, 0) is 31.1 Å². The SMILES string of the molecule is CN=C(NCCCOCCOC)NCC1(CCOC)CCC1.I. The van der Waals surface area contributed by atoms with Gasteiger partial charge in [-0.1, -0.05) is 6.42 Å². The quantitative estimate of drug-likeness (QED) is 0.209. The molecule has 0 heterocycles. The molecule has 0 aromatic rings. The third kappa shape index (κ3) is 9.69. The molecule has 6 nitrogen and oxygen atoms in total. The average Bonchev–Trinajstić information content (AvgIpc) is 2.50. The van der Waals surface area contributed by atoms with Crippen LogP contribution < -0.4 is 10.6 Å². The first-order valence-electron chi connectivity index (χ1n) is 8.26. The van der Waals surface area contributed by atoms with Crippen molar-refractivity contribution in [3.05, 3.63) is 0 Å². The van der Waals surface area contributed by atoms with Crippen LogP contribution in [0.3, 0.4) is 0 Å². The molecule has 1 aliphatic rings. The molecule has 138 valence electrons. The molecule has 0 bridgehead atoms. The molecular formula is C16H34IN3O3. The Morgan fingerprint density at radius 2 is 1.78 bits per heavy atom. The van der Waals surface area contributed by atoms with Gasteiger partial charge in [0.15, 0.2) is 5.96 Å². The van der Waals surface area contributed by atoms with Crippen LogP contribution in [0.25, 0.3) is 0 Å². The van der Waals surface area contributed by atoms with E-state index < -0.39 is 0 Å². The summed E-state index contributed by atoms with van der Waals surface area (Å²) in [7, 11) is 5.27. The maximum Gasteiger partial charge on any atom is 0.190 e. The molecule has 0 aromatic heterocycles. The van der Waals surface area contributed by atoms with E-state index in [1.54, 1.807) is 14.2 Å². The number of halogens is 1. The fourth-order valence-electron chi connectivity index (χ4n) is 2.63. The zero-order chi connectivity index (χ0) is 16.1. The van der Waals surface area contributed by atoms with Crippen molar-refractivity contribution in [3.63, 3.8) is 0 Å². The number of aliphatic imine (C=N–C) groups is 1. The number of rotatable bonds is 12. The van der Waals surface area contributed by atoms with Gasteiger partial charge in [-0.25, -0.2) is 0 Å². The van der Waals surface area contributed by atoms with E-state index in [0.717, 1.165) is 45.1 Å². The zero-order valence-corrected chi connectivity index (χ0v) is 17.2. The van der Waals surface area contributed by atoms with Crippen molar-refractivity contribution in [1.82, 2.24) is 10.6 Å². The van der Waals surface area contributed by atoms with Gasteiger partial charge in [-0.3, -0.25) is 4.99 Å². The summed E-state index contributed by atoms with van der Waals surface area (Å²) < 4.78 is 15.6. The third-order valence-electron chi connectivity index (χ3n) is 4.29. The maximum absolute atomic E-state index is 5.44. The van der Waals surface area contributed by atoms with Crippen LogP contribution in [0.2, 0.25) is 0 Å². The first-order chi connectivity index (χ1) is 10.8. The van der Waals surface area contributed by atoms with Gasteiger partial charge in [0.2, 0.25) is 0 Å². The number of hydrogen-bond acceptors (Lipinski definition) is 4. The van der Waals surface area contributed by atoms with Crippen molar-refractivity contribution in [2.24, 2.45) is 10.4 Å². The zero-order valence-electron chi connectivity index (χ0n) is 14.9. The molecule has 7 heteroatoms. The van der Waals surface area contributed by atoms with Crippen LogP contribution in [-0.4, -0.2) is 66.7 Å². The summed E-state index contributed by atoms with van der Waals surface area (Å²) in [5, 5.41) is 6.79. The van der Waals surface area contributed by atoms with Crippen LogP contribution in [0.5, 0.6) is 0 Å². The molecule has 1 rings (SSSR count). The molecule has 0 unspecified atom stereocenters. The fraction of sp³-hybridized carbons (Fsp3) is 0.938. The molecule has 0 aliphatic heterocycles. The number of nitrogens with zero attached hydrogens (tertiary/aromatic N) is 1. The summed E-state index contributed by atoms with van der Waals surface area (Å²) in [6, 6.07) is 0. The van der Waals surface area contributed by atoms with E-state index >= 15 is 0 Å². The van der Waals surface area contributed by atoms with Gasteiger partial charge in [0, 0.05) is 47.6 Å². The Balaban J connectivity index is 0.00000484. The average molecular weight is 443 g/mol. The van der Waals surface area contributed by atoms with Crippen molar-refractivity contribution >= 4 is 29.9 Å². The third-order valence-corrected chi connectivity index (χ3v) is 4.29. The molecule has 0 spiro atoms. The van der Waals surface area contributed by atoms with Gasteiger partial charge in [0.05, 0.1) is 13.2 Å². The van der Waals surface area contributed by atoms with Crippen molar-refractivity contribution in [3.8, 4) is 0 Å². The van der Waals surface area contributed by atoms with Gasteiger partial charge in [0.1, 0.15) is 0 Å². The molecule has 0 amide bonds.